The van der Waals surface area contributed by atoms with Gasteiger partial charge in [-0.05, 0) is 51.2 Å². The maximum Gasteiger partial charge on any atom is 0.247 e. The van der Waals surface area contributed by atoms with Crippen LogP contribution in [0.1, 0.15) is 39.0 Å². The Morgan fingerprint density at radius 1 is 1.13 bits per heavy atom. The van der Waals surface area contributed by atoms with Gasteiger partial charge in [-0.1, -0.05) is 0 Å². The molecule has 0 spiro atoms. The molecule has 1 aromatic carbocycles. The molecule has 3 aliphatic rings. The second-order valence-electron chi connectivity index (χ2n) is 6.86. The van der Waals surface area contributed by atoms with Crippen molar-refractivity contribution in [1.29, 1.82) is 0 Å². The van der Waals surface area contributed by atoms with E-state index in [0.717, 1.165) is 31.5 Å². The van der Waals surface area contributed by atoms with Crippen LogP contribution in [0.25, 0.3) is 0 Å². The van der Waals surface area contributed by atoms with E-state index in [2.05, 4.69) is 11.8 Å². The maximum absolute atomic E-state index is 13.0. The van der Waals surface area contributed by atoms with Crippen molar-refractivity contribution in [2.75, 3.05) is 24.6 Å². The first-order chi connectivity index (χ1) is 11.1. The second-order valence-corrected chi connectivity index (χ2v) is 8.72. The van der Waals surface area contributed by atoms with Crippen LogP contribution in [0.2, 0.25) is 0 Å². The number of benzene rings is 1. The Bertz CT molecular complexity index is 700. The first kappa shape index (κ1) is 15.3. The van der Waals surface area contributed by atoms with Crippen LogP contribution in [0.5, 0.6) is 5.75 Å². The Morgan fingerprint density at radius 3 is 2.65 bits per heavy atom. The highest BCUT2D eigenvalue weighted by Crippen LogP contribution is 2.38. The number of nitrogens with zero attached hydrogens (tertiary/aromatic N) is 2. The smallest absolute Gasteiger partial charge is 0.247 e. The standard InChI is InChI=1S/C17H24N2O3S/c1-13-4-2-9-18(13)15-7-8-17-16(12-15)22-11-3-10-19(14-5-6-14)23(17,20)21/h7-8,12-14H,2-6,9-11H2,1H3/t13-/m1/s1. The molecule has 0 bridgehead atoms. The summed E-state index contributed by atoms with van der Waals surface area (Å²) in [5, 5.41) is 0. The SMILES string of the molecule is C[C@@H]1CCCN1c1ccc2c(c1)OCCCN(C1CC1)S2(=O)=O. The lowest BCUT2D eigenvalue weighted by atomic mass is 10.2. The van der Waals surface area contributed by atoms with E-state index in [-0.39, 0.29) is 6.04 Å². The van der Waals surface area contributed by atoms with Crippen molar-refractivity contribution in [3.8, 4) is 5.75 Å². The third-order valence-corrected chi connectivity index (χ3v) is 7.12. The first-order valence-electron chi connectivity index (χ1n) is 8.63. The number of hydrogen-bond acceptors (Lipinski definition) is 4. The van der Waals surface area contributed by atoms with Gasteiger partial charge in [0.15, 0.2) is 0 Å². The predicted octanol–water partition coefficient (Wildman–Crippen LogP) is 2.61. The van der Waals surface area contributed by atoms with E-state index in [0.29, 0.717) is 29.8 Å². The number of anilines is 1. The summed E-state index contributed by atoms with van der Waals surface area (Å²) in [6.07, 6.45) is 5.09. The van der Waals surface area contributed by atoms with Crippen LogP contribution in [0, 0.1) is 0 Å². The first-order valence-corrected chi connectivity index (χ1v) is 10.1. The molecule has 2 fully saturated rings. The fourth-order valence-corrected chi connectivity index (χ4v) is 5.55. The van der Waals surface area contributed by atoms with Crippen LogP contribution in [-0.2, 0) is 10.0 Å². The molecule has 0 unspecified atom stereocenters. The summed E-state index contributed by atoms with van der Waals surface area (Å²) in [5.74, 6) is 0.520. The Balaban J connectivity index is 1.73. The molecule has 1 atom stereocenters. The number of fused-ring (bicyclic) bond motifs is 1. The maximum atomic E-state index is 13.0. The molecular formula is C17H24N2O3S. The largest absolute Gasteiger partial charge is 0.492 e. The van der Waals surface area contributed by atoms with Crippen LogP contribution in [0.4, 0.5) is 5.69 Å². The lowest BCUT2D eigenvalue weighted by Crippen LogP contribution is -2.36. The van der Waals surface area contributed by atoms with E-state index < -0.39 is 10.0 Å². The summed E-state index contributed by atoms with van der Waals surface area (Å²) in [7, 11) is -3.44. The quantitative estimate of drug-likeness (QED) is 0.833. The zero-order chi connectivity index (χ0) is 16.0. The van der Waals surface area contributed by atoms with Gasteiger partial charge in [-0.15, -0.1) is 0 Å². The van der Waals surface area contributed by atoms with Gasteiger partial charge in [0, 0.05) is 36.9 Å². The van der Waals surface area contributed by atoms with Gasteiger partial charge in [0.2, 0.25) is 10.0 Å². The van der Waals surface area contributed by atoms with E-state index in [1.807, 2.05) is 12.1 Å². The molecule has 2 heterocycles. The van der Waals surface area contributed by atoms with E-state index in [9.17, 15) is 8.42 Å². The molecule has 5 nitrogen and oxygen atoms in total. The topological polar surface area (TPSA) is 49.9 Å². The second kappa shape index (κ2) is 5.67. The molecular weight excluding hydrogens is 312 g/mol. The van der Waals surface area contributed by atoms with Gasteiger partial charge in [0.05, 0.1) is 6.61 Å². The molecule has 126 valence electrons. The molecule has 0 aromatic heterocycles. The molecule has 0 amide bonds. The van der Waals surface area contributed by atoms with E-state index in [1.165, 1.54) is 12.8 Å². The number of rotatable bonds is 2. The Labute approximate surface area is 138 Å². The van der Waals surface area contributed by atoms with Crippen LogP contribution in [0.3, 0.4) is 0 Å². The van der Waals surface area contributed by atoms with Gasteiger partial charge in [-0.3, -0.25) is 0 Å². The Morgan fingerprint density at radius 2 is 1.96 bits per heavy atom. The average Bonchev–Trinajstić information content (AvgIpc) is 3.25. The molecule has 1 aliphatic carbocycles. The van der Waals surface area contributed by atoms with Gasteiger partial charge in [-0.25, -0.2) is 8.42 Å². The van der Waals surface area contributed by atoms with Gasteiger partial charge in [0.25, 0.3) is 0 Å². The van der Waals surface area contributed by atoms with Crippen molar-refractivity contribution in [3.05, 3.63) is 18.2 Å². The minimum Gasteiger partial charge on any atom is -0.492 e. The normalized spacial score (nSPS) is 27.9. The van der Waals surface area contributed by atoms with Gasteiger partial charge in [0.1, 0.15) is 10.6 Å². The molecule has 1 saturated heterocycles. The lowest BCUT2D eigenvalue weighted by molar-refractivity contribution is 0.269. The summed E-state index contributed by atoms with van der Waals surface area (Å²) in [6, 6.07) is 6.30. The van der Waals surface area contributed by atoms with Crippen molar-refractivity contribution in [2.45, 2.75) is 56.0 Å². The van der Waals surface area contributed by atoms with E-state index >= 15 is 0 Å². The van der Waals surface area contributed by atoms with Crippen LogP contribution < -0.4 is 9.64 Å². The zero-order valence-corrected chi connectivity index (χ0v) is 14.4. The highest BCUT2D eigenvalue weighted by atomic mass is 32.2. The summed E-state index contributed by atoms with van der Waals surface area (Å²) in [5.41, 5.74) is 1.07. The molecule has 23 heavy (non-hydrogen) atoms. The van der Waals surface area contributed by atoms with Crippen molar-refractivity contribution in [3.63, 3.8) is 0 Å². The fraction of sp³-hybridized carbons (Fsp3) is 0.647. The third kappa shape index (κ3) is 2.72. The number of sulfonamides is 1. The zero-order valence-electron chi connectivity index (χ0n) is 13.6. The van der Waals surface area contributed by atoms with Crippen molar-refractivity contribution in [2.24, 2.45) is 0 Å². The van der Waals surface area contributed by atoms with E-state index in [1.54, 1.807) is 10.4 Å². The van der Waals surface area contributed by atoms with Crippen molar-refractivity contribution >= 4 is 15.7 Å². The van der Waals surface area contributed by atoms with Crippen LogP contribution in [0.15, 0.2) is 23.1 Å². The molecule has 2 aliphatic heterocycles. The van der Waals surface area contributed by atoms with Crippen molar-refractivity contribution in [1.82, 2.24) is 4.31 Å². The third-order valence-electron chi connectivity index (χ3n) is 5.13. The minimum absolute atomic E-state index is 0.198. The summed E-state index contributed by atoms with van der Waals surface area (Å²) >= 11 is 0. The summed E-state index contributed by atoms with van der Waals surface area (Å²) in [6.45, 7) is 4.39. The predicted molar refractivity (Wildman–Crippen MR) is 89.5 cm³/mol. The van der Waals surface area contributed by atoms with Gasteiger partial charge in [-0.2, -0.15) is 4.31 Å². The monoisotopic (exact) mass is 336 g/mol. The molecule has 0 N–H and O–H groups in total. The number of ether oxygens (including phenoxy) is 1. The van der Waals surface area contributed by atoms with Crippen LogP contribution in [-0.4, -0.2) is 44.5 Å². The Hall–Kier alpha value is -1.27. The molecule has 1 aromatic rings. The highest BCUT2D eigenvalue weighted by Gasteiger charge is 2.40. The van der Waals surface area contributed by atoms with Crippen LogP contribution >= 0.6 is 0 Å². The average molecular weight is 336 g/mol. The fourth-order valence-electron chi connectivity index (χ4n) is 3.71. The molecule has 1 saturated carbocycles. The van der Waals surface area contributed by atoms with Gasteiger partial charge >= 0.3 is 0 Å². The Kier molecular flexibility index (Phi) is 3.76. The minimum atomic E-state index is -3.44. The number of hydrogen-bond donors (Lipinski definition) is 0. The summed E-state index contributed by atoms with van der Waals surface area (Å²) in [4.78, 5) is 2.67. The van der Waals surface area contributed by atoms with E-state index in [4.69, 9.17) is 4.74 Å². The molecule has 6 heteroatoms. The molecule has 4 rings (SSSR count). The van der Waals surface area contributed by atoms with Gasteiger partial charge < -0.3 is 9.64 Å². The summed E-state index contributed by atoms with van der Waals surface area (Å²) < 4.78 is 33.5. The molecule has 0 radical (unpaired) electrons. The highest BCUT2D eigenvalue weighted by molar-refractivity contribution is 7.89. The van der Waals surface area contributed by atoms with Crippen molar-refractivity contribution < 1.29 is 13.2 Å². The lowest BCUT2D eigenvalue weighted by Gasteiger charge is -2.28.